The van der Waals surface area contributed by atoms with Gasteiger partial charge >= 0.3 is 0 Å². The van der Waals surface area contributed by atoms with Crippen LogP contribution in [-0.4, -0.2) is 13.9 Å². The number of nitrogens with zero attached hydrogens (tertiary/aromatic N) is 1. The first-order chi connectivity index (χ1) is 10.9. The van der Waals surface area contributed by atoms with Crippen LogP contribution in [0.3, 0.4) is 0 Å². The van der Waals surface area contributed by atoms with Gasteiger partial charge in [0.25, 0.3) is 0 Å². The first-order valence-electron chi connectivity index (χ1n) is 8.35. The van der Waals surface area contributed by atoms with Gasteiger partial charge in [-0.05, 0) is 50.8 Å². The summed E-state index contributed by atoms with van der Waals surface area (Å²) in [5.74, 6) is 0. The average Bonchev–Trinajstić information content (AvgIpc) is 2.74. The van der Waals surface area contributed by atoms with Crippen LogP contribution in [0.1, 0.15) is 60.1 Å². The Morgan fingerprint density at radius 1 is 1.21 bits per heavy atom. The zero-order valence-corrected chi connectivity index (χ0v) is 18.1. The van der Waals surface area contributed by atoms with Crippen molar-refractivity contribution in [1.29, 1.82) is 0 Å². The molecule has 0 radical (unpaired) electrons. The molecule has 0 aliphatic rings. The lowest BCUT2D eigenvalue weighted by molar-refractivity contribution is 0.349. The van der Waals surface area contributed by atoms with E-state index in [-0.39, 0.29) is 16.2 Å². The Labute approximate surface area is 157 Å². The fourth-order valence-corrected chi connectivity index (χ4v) is 3.83. The second-order valence-corrected chi connectivity index (χ2v) is 11.6. The lowest BCUT2D eigenvalue weighted by atomic mass is 9.97. The van der Waals surface area contributed by atoms with Gasteiger partial charge in [-0.3, -0.25) is 0 Å². The molecule has 24 heavy (non-hydrogen) atoms. The van der Waals surface area contributed by atoms with Crippen LogP contribution in [0.25, 0.3) is 10.9 Å². The number of hydrogen-bond donors (Lipinski definition) is 1. The smallest absolute Gasteiger partial charge is 0.136 e. The highest BCUT2D eigenvalue weighted by Crippen LogP contribution is 2.32. The Bertz CT molecular complexity index is 712. The second kappa shape index (κ2) is 7.02. The zero-order valence-electron chi connectivity index (χ0n) is 15.7. The van der Waals surface area contributed by atoms with E-state index in [0.717, 1.165) is 11.0 Å². The Hall–Kier alpha value is -0.490. The van der Waals surface area contributed by atoms with E-state index in [1.54, 1.807) is 0 Å². The van der Waals surface area contributed by atoms with Crippen molar-refractivity contribution in [3.8, 4) is 0 Å². The van der Waals surface area contributed by atoms with Gasteiger partial charge in [0.1, 0.15) is 4.75 Å². The number of fused-ring (bicyclic) bond motifs is 1. The molecule has 1 unspecified atom stereocenters. The maximum Gasteiger partial charge on any atom is 0.136 e. The third kappa shape index (κ3) is 4.78. The van der Waals surface area contributed by atoms with Gasteiger partial charge in [0.15, 0.2) is 0 Å². The SMILES string of the molecule is C[C@@H](N[S+]([O-])C(C)(C)C)c1cn(CC(C)(C)C)c2cc(Br)ccc12. The number of rotatable bonds is 4. The zero-order chi connectivity index (χ0) is 18.3. The van der Waals surface area contributed by atoms with Gasteiger partial charge in [0.2, 0.25) is 0 Å². The van der Waals surface area contributed by atoms with Crippen molar-refractivity contribution < 1.29 is 4.55 Å². The molecule has 1 aromatic heterocycles. The van der Waals surface area contributed by atoms with E-state index in [1.807, 2.05) is 20.8 Å². The van der Waals surface area contributed by atoms with Crippen LogP contribution in [0.2, 0.25) is 0 Å². The normalized spacial score (nSPS) is 15.7. The first-order valence-corrected chi connectivity index (χ1v) is 10.3. The van der Waals surface area contributed by atoms with Crippen molar-refractivity contribution in [2.24, 2.45) is 5.41 Å². The van der Waals surface area contributed by atoms with E-state index >= 15 is 0 Å². The lowest BCUT2D eigenvalue weighted by Gasteiger charge is -2.26. The molecule has 134 valence electrons. The third-order valence-electron chi connectivity index (χ3n) is 3.83. The van der Waals surface area contributed by atoms with E-state index in [4.69, 9.17) is 0 Å². The molecule has 1 N–H and O–H groups in total. The molecule has 1 aromatic carbocycles. The fourth-order valence-electron chi connectivity index (χ4n) is 2.68. The minimum absolute atomic E-state index is 0.0231. The summed E-state index contributed by atoms with van der Waals surface area (Å²) < 4.78 is 18.8. The molecule has 5 heteroatoms. The minimum Gasteiger partial charge on any atom is -0.598 e. The molecule has 0 aliphatic carbocycles. The van der Waals surface area contributed by atoms with Crippen LogP contribution < -0.4 is 4.72 Å². The quantitative estimate of drug-likeness (QED) is 0.667. The van der Waals surface area contributed by atoms with E-state index in [2.05, 4.69) is 77.3 Å². The Kier molecular flexibility index (Phi) is 5.80. The molecule has 3 nitrogen and oxygen atoms in total. The maximum absolute atomic E-state index is 12.5. The van der Waals surface area contributed by atoms with Crippen molar-refractivity contribution in [1.82, 2.24) is 9.29 Å². The van der Waals surface area contributed by atoms with Crippen molar-refractivity contribution in [2.45, 2.75) is 65.8 Å². The second-order valence-electron chi connectivity index (χ2n) is 8.66. The molecule has 0 amide bonds. The van der Waals surface area contributed by atoms with Crippen LogP contribution in [0.5, 0.6) is 0 Å². The highest BCUT2D eigenvalue weighted by atomic mass is 79.9. The highest BCUT2D eigenvalue weighted by molar-refractivity contribution is 9.10. The van der Waals surface area contributed by atoms with Crippen molar-refractivity contribution >= 4 is 38.2 Å². The van der Waals surface area contributed by atoms with E-state index in [1.165, 1.54) is 16.5 Å². The Balaban J connectivity index is 2.43. The monoisotopic (exact) mass is 412 g/mol. The standard InChI is InChI=1S/C19H29BrN2OS/c1-13(21-24(23)19(5,6)7)16-11-22(12-18(2,3)4)17-10-14(20)8-9-15(16)17/h8-11,13,21H,12H2,1-7H3/t13-,24?/m1/s1. The number of hydrogen-bond acceptors (Lipinski definition) is 2. The molecule has 2 rings (SSSR count). The van der Waals surface area contributed by atoms with Gasteiger partial charge in [-0.2, -0.15) is 0 Å². The van der Waals surface area contributed by atoms with Gasteiger partial charge < -0.3 is 9.12 Å². The molecule has 0 aliphatic heterocycles. The first kappa shape index (κ1) is 19.8. The topological polar surface area (TPSA) is 40.0 Å². The summed E-state index contributed by atoms with van der Waals surface area (Å²) in [4.78, 5) is 0. The Morgan fingerprint density at radius 3 is 2.38 bits per heavy atom. The van der Waals surface area contributed by atoms with E-state index in [9.17, 15) is 4.55 Å². The maximum atomic E-state index is 12.5. The number of nitrogens with one attached hydrogen (secondary N) is 1. The summed E-state index contributed by atoms with van der Waals surface area (Å²) in [7, 11) is 0. The van der Waals surface area contributed by atoms with Gasteiger partial charge in [-0.15, -0.1) is 4.72 Å². The molecule has 0 fully saturated rings. The minimum atomic E-state index is -1.09. The van der Waals surface area contributed by atoms with E-state index < -0.39 is 11.4 Å². The summed E-state index contributed by atoms with van der Waals surface area (Å²) >= 11 is 2.49. The molecule has 0 spiro atoms. The molecule has 1 heterocycles. The summed E-state index contributed by atoms with van der Waals surface area (Å²) in [6, 6.07) is 6.40. The van der Waals surface area contributed by atoms with Crippen molar-refractivity contribution in [3.63, 3.8) is 0 Å². The molecule has 2 atom stereocenters. The Morgan fingerprint density at radius 2 is 1.83 bits per heavy atom. The molecule has 0 bridgehead atoms. The molecular weight excluding hydrogens is 384 g/mol. The van der Waals surface area contributed by atoms with Crippen molar-refractivity contribution in [3.05, 3.63) is 34.4 Å². The number of aromatic nitrogens is 1. The molecule has 0 saturated heterocycles. The predicted octanol–water partition coefficient (Wildman–Crippen LogP) is 5.56. The number of benzene rings is 1. The van der Waals surface area contributed by atoms with Gasteiger partial charge in [0.05, 0.1) is 6.04 Å². The highest BCUT2D eigenvalue weighted by Gasteiger charge is 2.29. The van der Waals surface area contributed by atoms with Crippen LogP contribution >= 0.6 is 15.9 Å². The van der Waals surface area contributed by atoms with E-state index in [0.29, 0.717) is 0 Å². The largest absolute Gasteiger partial charge is 0.598 e. The van der Waals surface area contributed by atoms with Crippen LogP contribution in [0, 0.1) is 5.41 Å². The van der Waals surface area contributed by atoms with Gasteiger partial charge in [0, 0.05) is 39.5 Å². The summed E-state index contributed by atoms with van der Waals surface area (Å²) in [5, 5.41) is 1.22. The van der Waals surface area contributed by atoms with Crippen LogP contribution in [0.15, 0.2) is 28.9 Å². The average molecular weight is 413 g/mol. The predicted molar refractivity (Wildman–Crippen MR) is 109 cm³/mol. The summed E-state index contributed by atoms with van der Waals surface area (Å²) in [6.45, 7) is 15.7. The molecule has 0 saturated carbocycles. The van der Waals surface area contributed by atoms with Gasteiger partial charge in [-0.1, -0.05) is 42.8 Å². The lowest BCUT2D eigenvalue weighted by Crippen LogP contribution is -2.40. The van der Waals surface area contributed by atoms with Crippen molar-refractivity contribution in [2.75, 3.05) is 0 Å². The van der Waals surface area contributed by atoms with Crippen LogP contribution in [-0.2, 0) is 17.9 Å². The van der Waals surface area contributed by atoms with Crippen LogP contribution in [0.4, 0.5) is 0 Å². The fraction of sp³-hybridized carbons (Fsp3) is 0.579. The third-order valence-corrected chi connectivity index (χ3v) is 6.00. The molecular formula is C19H29BrN2OS. The summed E-state index contributed by atoms with van der Waals surface area (Å²) in [5.41, 5.74) is 2.60. The number of halogens is 1. The molecule has 2 aromatic rings. The summed E-state index contributed by atoms with van der Waals surface area (Å²) in [6.07, 6.45) is 2.21. The van der Waals surface area contributed by atoms with Gasteiger partial charge in [-0.25, -0.2) is 0 Å².